The first-order valence-electron chi connectivity index (χ1n) is 10.5. The molecule has 0 aromatic heterocycles. The highest BCUT2D eigenvalue weighted by molar-refractivity contribution is 5.98. The Morgan fingerprint density at radius 1 is 1.00 bits per heavy atom. The van der Waals surface area contributed by atoms with E-state index in [1.165, 1.54) is 12.1 Å². The average molecular weight is 447 g/mol. The number of rotatable bonds is 5. The van der Waals surface area contributed by atoms with Gasteiger partial charge in [-0.05, 0) is 23.8 Å². The number of hydrogen-bond donors (Lipinski definition) is 0. The Morgan fingerprint density at radius 2 is 1.75 bits per heavy atom. The lowest BCUT2D eigenvalue weighted by Gasteiger charge is -2.35. The zero-order valence-electron chi connectivity index (χ0n) is 17.5. The van der Waals surface area contributed by atoms with Gasteiger partial charge in [-0.15, -0.1) is 0 Å². The Kier molecular flexibility index (Phi) is 6.36. The summed E-state index contributed by atoms with van der Waals surface area (Å²) < 4.78 is 44.2. The summed E-state index contributed by atoms with van der Waals surface area (Å²) in [6.45, 7) is 2.83. The lowest BCUT2D eigenvalue weighted by Crippen LogP contribution is -2.49. The quantitative estimate of drug-likeness (QED) is 0.707. The van der Waals surface area contributed by atoms with Gasteiger partial charge < -0.3 is 14.5 Å². The van der Waals surface area contributed by atoms with E-state index in [9.17, 15) is 22.8 Å². The van der Waals surface area contributed by atoms with Crippen LogP contribution in [0.25, 0.3) is 0 Å². The standard InChI is InChI=1S/C23H24F3N3O3/c24-23(25,26)18-5-3-4-17(14-18)15-27-10-12-28(13-11-27)21(30)8-9-29-19-6-1-2-7-20(19)32-16-22(29)31/h1-7,14H,8-13,15-16H2. The number of carbonyl (C=O) groups excluding carboxylic acids is 2. The lowest BCUT2D eigenvalue weighted by molar-refractivity contribution is -0.138. The van der Waals surface area contributed by atoms with Crippen LogP contribution in [0.2, 0.25) is 0 Å². The van der Waals surface area contributed by atoms with Gasteiger partial charge in [0.05, 0.1) is 11.3 Å². The van der Waals surface area contributed by atoms with Crippen LogP contribution in [0.1, 0.15) is 17.5 Å². The molecule has 0 spiro atoms. The molecule has 2 amide bonds. The third-order valence-corrected chi connectivity index (χ3v) is 5.74. The molecular formula is C23H24F3N3O3. The van der Waals surface area contributed by atoms with E-state index in [2.05, 4.69) is 0 Å². The maximum atomic E-state index is 12.9. The van der Waals surface area contributed by atoms with Crippen LogP contribution < -0.4 is 9.64 Å². The number of alkyl halides is 3. The van der Waals surface area contributed by atoms with Crippen molar-refractivity contribution in [1.29, 1.82) is 0 Å². The maximum Gasteiger partial charge on any atom is 0.416 e. The van der Waals surface area contributed by atoms with Gasteiger partial charge in [-0.3, -0.25) is 14.5 Å². The third-order valence-electron chi connectivity index (χ3n) is 5.74. The molecular weight excluding hydrogens is 423 g/mol. The first-order chi connectivity index (χ1) is 15.3. The van der Waals surface area contributed by atoms with Gasteiger partial charge in [-0.2, -0.15) is 13.2 Å². The highest BCUT2D eigenvalue weighted by Crippen LogP contribution is 2.32. The van der Waals surface area contributed by atoms with Gasteiger partial charge >= 0.3 is 6.18 Å². The predicted octanol–water partition coefficient (Wildman–Crippen LogP) is 3.17. The summed E-state index contributed by atoms with van der Waals surface area (Å²) in [6, 6.07) is 12.6. The Morgan fingerprint density at radius 3 is 2.50 bits per heavy atom. The first-order valence-corrected chi connectivity index (χ1v) is 10.5. The summed E-state index contributed by atoms with van der Waals surface area (Å²) in [6.07, 6.45) is -4.16. The fourth-order valence-corrected chi connectivity index (χ4v) is 4.02. The maximum absolute atomic E-state index is 12.9. The van der Waals surface area contributed by atoms with E-state index in [1.807, 2.05) is 17.0 Å². The van der Waals surface area contributed by atoms with Crippen LogP contribution in [-0.4, -0.2) is 60.9 Å². The molecule has 2 aliphatic rings. The molecule has 1 saturated heterocycles. The second-order valence-corrected chi connectivity index (χ2v) is 7.91. The molecule has 0 saturated carbocycles. The van der Waals surface area contributed by atoms with Crippen LogP contribution in [0, 0.1) is 0 Å². The molecule has 2 aromatic carbocycles. The minimum atomic E-state index is -4.36. The molecule has 2 aromatic rings. The Bertz CT molecular complexity index is 988. The number of benzene rings is 2. The summed E-state index contributed by atoms with van der Waals surface area (Å²) >= 11 is 0. The van der Waals surface area contributed by atoms with E-state index < -0.39 is 11.7 Å². The van der Waals surface area contributed by atoms with E-state index >= 15 is 0 Å². The van der Waals surface area contributed by atoms with E-state index in [0.29, 0.717) is 49.7 Å². The highest BCUT2D eigenvalue weighted by atomic mass is 19.4. The van der Waals surface area contributed by atoms with Crippen LogP contribution in [0.15, 0.2) is 48.5 Å². The van der Waals surface area contributed by atoms with Crippen LogP contribution in [-0.2, 0) is 22.3 Å². The molecule has 6 nitrogen and oxygen atoms in total. The number of halogens is 3. The van der Waals surface area contributed by atoms with Gasteiger partial charge in [-0.25, -0.2) is 0 Å². The summed E-state index contributed by atoms with van der Waals surface area (Å²) in [5, 5.41) is 0. The monoisotopic (exact) mass is 447 g/mol. The number of ether oxygens (including phenoxy) is 1. The van der Waals surface area contributed by atoms with Crippen molar-refractivity contribution in [3.8, 4) is 5.75 Å². The van der Waals surface area contributed by atoms with Crippen LogP contribution in [0.4, 0.5) is 18.9 Å². The van der Waals surface area contributed by atoms with Gasteiger partial charge in [0.15, 0.2) is 6.61 Å². The summed E-state index contributed by atoms with van der Waals surface area (Å²) in [5.41, 5.74) is 0.620. The Hall–Kier alpha value is -3.07. The largest absolute Gasteiger partial charge is 0.482 e. The molecule has 0 unspecified atom stereocenters. The normalized spacial score (nSPS) is 17.2. The number of piperazine rings is 1. The van der Waals surface area contributed by atoms with Gasteiger partial charge in [0.1, 0.15) is 5.75 Å². The molecule has 170 valence electrons. The fraction of sp³-hybridized carbons (Fsp3) is 0.391. The molecule has 9 heteroatoms. The molecule has 1 fully saturated rings. The molecule has 2 heterocycles. The average Bonchev–Trinajstić information content (AvgIpc) is 2.78. The van der Waals surface area contributed by atoms with E-state index in [-0.39, 0.29) is 31.4 Å². The second kappa shape index (κ2) is 9.20. The minimum absolute atomic E-state index is 0.0412. The molecule has 32 heavy (non-hydrogen) atoms. The molecule has 0 radical (unpaired) electrons. The van der Waals surface area contributed by atoms with E-state index in [0.717, 1.165) is 6.07 Å². The van der Waals surface area contributed by atoms with Gasteiger partial charge in [-0.1, -0.05) is 30.3 Å². The van der Waals surface area contributed by atoms with Crippen LogP contribution in [0.3, 0.4) is 0 Å². The number of hydrogen-bond acceptors (Lipinski definition) is 4. The van der Waals surface area contributed by atoms with Crippen molar-refractivity contribution in [1.82, 2.24) is 9.80 Å². The summed E-state index contributed by atoms with van der Waals surface area (Å²) in [5.74, 6) is 0.408. The SMILES string of the molecule is O=C(CCN1C(=O)COc2ccccc21)N1CCN(Cc2cccc(C(F)(F)F)c2)CC1. The van der Waals surface area contributed by atoms with Crippen molar-refractivity contribution < 1.29 is 27.5 Å². The smallest absolute Gasteiger partial charge is 0.416 e. The second-order valence-electron chi connectivity index (χ2n) is 7.91. The Balaban J connectivity index is 1.28. The van der Waals surface area contributed by atoms with Crippen molar-refractivity contribution >= 4 is 17.5 Å². The van der Waals surface area contributed by atoms with Crippen LogP contribution in [0.5, 0.6) is 5.75 Å². The first kappa shape index (κ1) is 22.1. The molecule has 0 bridgehead atoms. The predicted molar refractivity (Wildman–Crippen MR) is 112 cm³/mol. The highest BCUT2D eigenvalue weighted by Gasteiger charge is 2.31. The number of nitrogens with zero attached hydrogens (tertiary/aromatic N) is 3. The zero-order valence-corrected chi connectivity index (χ0v) is 17.5. The van der Waals surface area contributed by atoms with Crippen molar-refractivity contribution in [3.05, 3.63) is 59.7 Å². The minimum Gasteiger partial charge on any atom is -0.482 e. The van der Waals surface area contributed by atoms with Crippen molar-refractivity contribution in [2.75, 3.05) is 44.2 Å². The number of para-hydroxylation sites is 2. The van der Waals surface area contributed by atoms with Crippen molar-refractivity contribution in [3.63, 3.8) is 0 Å². The topological polar surface area (TPSA) is 53.1 Å². The summed E-state index contributed by atoms with van der Waals surface area (Å²) in [4.78, 5) is 30.3. The number of anilines is 1. The number of amides is 2. The van der Waals surface area contributed by atoms with E-state index in [4.69, 9.17) is 4.74 Å². The van der Waals surface area contributed by atoms with Crippen molar-refractivity contribution in [2.45, 2.75) is 19.1 Å². The number of fused-ring (bicyclic) bond motifs is 1. The number of carbonyl (C=O) groups is 2. The Labute approximate surface area is 184 Å². The van der Waals surface area contributed by atoms with Crippen LogP contribution >= 0.6 is 0 Å². The summed E-state index contributed by atoms with van der Waals surface area (Å²) in [7, 11) is 0. The molecule has 2 aliphatic heterocycles. The fourth-order valence-electron chi connectivity index (χ4n) is 4.02. The molecule has 4 rings (SSSR count). The molecule has 0 N–H and O–H groups in total. The van der Waals surface area contributed by atoms with Crippen molar-refractivity contribution in [2.24, 2.45) is 0 Å². The molecule has 0 aliphatic carbocycles. The third kappa shape index (κ3) is 5.04. The molecule has 0 atom stereocenters. The lowest BCUT2D eigenvalue weighted by atomic mass is 10.1. The zero-order chi connectivity index (χ0) is 22.7. The van der Waals surface area contributed by atoms with Gasteiger partial charge in [0.25, 0.3) is 5.91 Å². The van der Waals surface area contributed by atoms with Gasteiger partial charge in [0.2, 0.25) is 5.91 Å². The van der Waals surface area contributed by atoms with Gasteiger partial charge in [0, 0.05) is 45.7 Å². The van der Waals surface area contributed by atoms with E-state index in [1.54, 1.807) is 28.0 Å².